The van der Waals surface area contributed by atoms with Gasteiger partial charge in [0.15, 0.2) is 5.96 Å². The monoisotopic (exact) mass is 337 g/mol. The minimum Gasteiger partial charge on any atom is -0.356 e. The van der Waals surface area contributed by atoms with Crippen LogP contribution in [-0.2, 0) is 12.8 Å². The summed E-state index contributed by atoms with van der Waals surface area (Å²) in [5.41, 5.74) is 0. The summed E-state index contributed by atoms with van der Waals surface area (Å²) in [6.45, 7) is 8.93. The zero-order chi connectivity index (χ0) is 16.5. The Labute approximate surface area is 144 Å². The van der Waals surface area contributed by atoms with Crippen LogP contribution in [0.3, 0.4) is 0 Å². The van der Waals surface area contributed by atoms with Gasteiger partial charge in [-0.25, -0.2) is 4.98 Å². The Morgan fingerprint density at radius 2 is 2.17 bits per heavy atom. The Morgan fingerprint density at radius 3 is 2.78 bits per heavy atom. The molecule has 6 heteroatoms. The highest BCUT2D eigenvalue weighted by molar-refractivity contribution is 7.11. The van der Waals surface area contributed by atoms with Crippen LogP contribution in [0.5, 0.6) is 0 Å². The van der Waals surface area contributed by atoms with E-state index in [0.717, 1.165) is 25.3 Å². The summed E-state index contributed by atoms with van der Waals surface area (Å²) >= 11 is 1.82. The molecule has 0 unspecified atom stereocenters. The van der Waals surface area contributed by atoms with Crippen molar-refractivity contribution >= 4 is 17.3 Å². The number of nitrogens with one attached hydrogen (secondary N) is 2. The van der Waals surface area contributed by atoms with Crippen LogP contribution in [0.2, 0.25) is 0 Å². The smallest absolute Gasteiger partial charge is 0.191 e. The number of likely N-dealkylation sites (tertiary alicyclic amines) is 1. The molecule has 1 saturated heterocycles. The van der Waals surface area contributed by atoms with Crippen molar-refractivity contribution in [3.63, 3.8) is 0 Å². The van der Waals surface area contributed by atoms with E-state index in [9.17, 15) is 0 Å². The lowest BCUT2D eigenvalue weighted by Crippen LogP contribution is -2.49. The predicted octanol–water partition coefficient (Wildman–Crippen LogP) is 2.29. The van der Waals surface area contributed by atoms with Gasteiger partial charge in [-0.05, 0) is 32.2 Å². The number of hydrogen-bond donors (Lipinski definition) is 2. The number of nitrogens with zero attached hydrogens (tertiary/aromatic N) is 3. The molecule has 1 aromatic rings. The second-order valence-electron chi connectivity index (χ2n) is 6.08. The molecule has 0 aromatic carbocycles. The molecule has 0 amide bonds. The van der Waals surface area contributed by atoms with Gasteiger partial charge in [0.05, 0.1) is 5.01 Å². The molecule has 130 valence electrons. The Balaban J connectivity index is 1.67. The first-order valence-electron chi connectivity index (χ1n) is 8.88. The van der Waals surface area contributed by atoms with E-state index in [-0.39, 0.29) is 0 Å². The molecular weight excluding hydrogens is 306 g/mol. The van der Waals surface area contributed by atoms with Gasteiger partial charge in [-0.1, -0.05) is 13.8 Å². The summed E-state index contributed by atoms with van der Waals surface area (Å²) in [7, 11) is 1.85. The van der Waals surface area contributed by atoms with Crippen molar-refractivity contribution in [2.24, 2.45) is 4.99 Å². The van der Waals surface area contributed by atoms with Crippen molar-refractivity contribution in [2.45, 2.75) is 52.0 Å². The molecule has 0 aliphatic carbocycles. The molecule has 0 spiro atoms. The highest BCUT2D eigenvalue weighted by Gasteiger charge is 2.19. The quantitative estimate of drug-likeness (QED) is 0.592. The third kappa shape index (κ3) is 6.11. The minimum absolute atomic E-state index is 0.542. The van der Waals surface area contributed by atoms with E-state index >= 15 is 0 Å². The van der Waals surface area contributed by atoms with Crippen molar-refractivity contribution in [1.82, 2.24) is 20.5 Å². The molecule has 2 rings (SSSR count). The molecule has 2 N–H and O–H groups in total. The Bertz CT molecular complexity index is 477. The van der Waals surface area contributed by atoms with E-state index in [1.807, 2.05) is 24.6 Å². The molecule has 0 bridgehead atoms. The zero-order valence-electron chi connectivity index (χ0n) is 14.8. The van der Waals surface area contributed by atoms with Crippen LogP contribution in [0.4, 0.5) is 0 Å². The molecular formula is C17H31N5S. The summed E-state index contributed by atoms with van der Waals surface area (Å²) in [6.07, 6.45) is 7.68. The first-order chi connectivity index (χ1) is 11.2. The fraction of sp³-hybridized carbons (Fsp3) is 0.765. The van der Waals surface area contributed by atoms with Gasteiger partial charge >= 0.3 is 0 Å². The van der Waals surface area contributed by atoms with Crippen LogP contribution < -0.4 is 10.6 Å². The van der Waals surface area contributed by atoms with Gasteiger partial charge in [-0.15, -0.1) is 11.3 Å². The Kier molecular flexibility index (Phi) is 7.82. The lowest BCUT2D eigenvalue weighted by atomic mass is 10.1. The number of thiazole rings is 1. The maximum absolute atomic E-state index is 4.46. The minimum atomic E-state index is 0.542. The number of piperidine rings is 1. The highest BCUT2D eigenvalue weighted by atomic mass is 32.1. The van der Waals surface area contributed by atoms with Crippen LogP contribution >= 0.6 is 11.3 Å². The molecule has 1 aliphatic heterocycles. The Hall–Kier alpha value is -1.14. The van der Waals surface area contributed by atoms with Gasteiger partial charge in [0.1, 0.15) is 0 Å². The molecule has 5 nitrogen and oxygen atoms in total. The van der Waals surface area contributed by atoms with Crippen LogP contribution in [0, 0.1) is 0 Å². The van der Waals surface area contributed by atoms with Gasteiger partial charge in [0.25, 0.3) is 0 Å². The zero-order valence-corrected chi connectivity index (χ0v) is 15.6. The van der Waals surface area contributed by atoms with E-state index in [4.69, 9.17) is 0 Å². The number of hydrogen-bond acceptors (Lipinski definition) is 4. The second-order valence-corrected chi connectivity index (χ2v) is 7.28. The largest absolute Gasteiger partial charge is 0.356 e. The third-order valence-corrected chi connectivity index (χ3v) is 5.47. The topological polar surface area (TPSA) is 52.5 Å². The van der Waals surface area contributed by atoms with Crippen molar-refractivity contribution in [2.75, 3.05) is 33.2 Å². The first-order valence-corrected chi connectivity index (χ1v) is 9.69. The van der Waals surface area contributed by atoms with E-state index in [1.54, 1.807) is 0 Å². The first kappa shape index (κ1) is 18.2. The molecule has 2 heterocycles. The summed E-state index contributed by atoms with van der Waals surface area (Å²) in [6, 6.07) is 0.542. The number of aliphatic imine (C=N–C) groups is 1. The summed E-state index contributed by atoms with van der Waals surface area (Å²) in [4.78, 5) is 12.7. The SMILES string of the molecule is CCCN1CCC(NC(=NC)NCCc2ncc(CC)s2)CC1. The van der Waals surface area contributed by atoms with E-state index in [0.29, 0.717) is 6.04 Å². The van der Waals surface area contributed by atoms with Crippen molar-refractivity contribution in [3.05, 3.63) is 16.1 Å². The van der Waals surface area contributed by atoms with E-state index in [2.05, 4.69) is 39.4 Å². The molecule has 0 radical (unpaired) electrons. The van der Waals surface area contributed by atoms with Crippen molar-refractivity contribution in [1.29, 1.82) is 0 Å². The average Bonchev–Trinajstić information content (AvgIpc) is 3.04. The van der Waals surface area contributed by atoms with E-state index < -0.39 is 0 Å². The normalized spacial score (nSPS) is 17.4. The molecule has 1 fully saturated rings. The summed E-state index contributed by atoms with van der Waals surface area (Å²) in [5.74, 6) is 0.922. The molecule has 1 aromatic heterocycles. The van der Waals surface area contributed by atoms with Crippen LogP contribution in [0.15, 0.2) is 11.2 Å². The van der Waals surface area contributed by atoms with Crippen LogP contribution in [-0.4, -0.2) is 55.1 Å². The lowest BCUT2D eigenvalue weighted by Gasteiger charge is -2.32. The fourth-order valence-electron chi connectivity index (χ4n) is 2.92. The number of guanidine groups is 1. The molecule has 0 atom stereocenters. The fourth-order valence-corrected chi connectivity index (χ4v) is 3.78. The summed E-state index contributed by atoms with van der Waals surface area (Å²) < 4.78 is 0. The predicted molar refractivity (Wildman–Crippen MR) is 99.4 cm³/mol. The van der Waals surface area contributed by atoms with Gasteiger partial charge in [0, 0.05) is 50.2 Å². The number of aryl methyl sites for hydroxylation is 1. The molecule has 23 heavy (non-hydrogen) atoms. The van der Waals surface area contributed by atoms with E-state index in [1.165, 1.54) is 48.8 Å². The third-order valence-electron chi connectivity index (χ3n) is 4.27. The van der Waals surface area contributed by atoms with Crippen molar-refractivity contribution in [3.8, 4) is 0 Å². The number of rotatable bonds is 7. The van der Waals surface area contributed by atoms with Gasteiger partial charge in [0.2, 0.25) is 0 Å². The number of aromatic nitrogens is 1. The lowest BCUT2D eigenvalue weighted by molar-refractivity contribution is 0.206. The highest BCUT2D eigenvalue weighted by Crippen LogP contribution is 2.13. The maximum atomic E-state index is 4.46. The molecule has 1 aliphatic rings. The second kappa shape index (κ2) is 9.88. The maximum Gasteiger partial charge on any atom is 0.191 e. The van der Waals surface area contributed by atoms with Crippen LogP contribution in [0.1, 0.15) is 43.0 Å². The molecule has 0 saturated carbocycles. The average molecular weight is 338 g/mol. The van der Waals surface area contributed by atoms with Gasteiger partial charge < -0.3 is 15.5 Å². The van der Waals surface area contributed by atoms with Gasteiger partial charge in [-0.3, -0.25) is 4.99 Å². The summed E-state index contributed by atoms with van der Waals surface area (Å²) in [5, 5.41) is 8.19. The van der Waals surface area contributed by atoms with Crippen LogP contribution in [0.25, 0.3) is 0 Å². The Morgan fingerprint density at radius 1 is 1.39 bits per heavy atom. The van der Waals surface area contributed by atoms with Crippen molar-refractivity contribution < 1.29 is 0 Å². The standard InChI is InChI=1S/C17H31N5S/c1-4-10-22-11-7-14(8-12-22)21-17(18-3)19-9-6-16-20-13-15(5-2)23-16/h13-14H,4-12H2,1-3H3,(H2,18,19,21). The van der Waals surface area contributed by atoms with Gasteiger partial charge in [-0.2, -0.15) is 0 Å².